The summed E-state index contributed by atoms with van der Waals surface area (Å²) >= 11 is 0. The van der Waals surface area contributed by atoms with Crippen molar-refractivity contribution in [1.82, 2.24) is 9.88 Å². The molecule has 0 saturated heterocycles. The Morgan fingerprint density at radius 1 is 1.33 bits per heavy atom. The number of aromatic nitrogens is 1. The minimum absolute atomic E-state index is 0.0244. The lowest BCUT2D eigenvalue weighted by Crippen LogP contribution is -2.37. The van der Waals surface area contributed by atoms with Crippen molar-refractivity contribution in [3.8, 4) is 5.75 Å². The summed E-state index contributed by atoms with van der Waals surface area (Å²) in [5.74, 6) is -2.13. The molecule has 128 valence electrons. The monoisotopic (exact) mass is 342 g/mol. The van der Waals surface area contributed by atoms with Gasteiger partial charge in [-0.25, -0.2) is 0 Å². The molecule has 1 aliphatic rings. The molecule has 2 aromatic rings. The number of hydrogen-bond acceptors (Lipinski definition) is 3. The Bertz CT molecular complexity index is 796. The van der Waals surface area contributed by atoms with E-state index in [1.54, 1.807) is 0 Å². The standard InChI is InChI=1S/C15H13F3N2O4/c16-15(17,18)24-12-3-1-2-10-9(12)6-11(19-10)14(23)20(7-13(21)22)8-4-5-8/h1-3,6,8,19H,4-5,7H2,(H,21,22). The molecular weight excluding hydrogens is 329 g/mol. The molecule has 1 amide bonds. The molecule has 2 N–H and O–H groups in total. The first-order chi connectivity index (χ1) is 11.2. The third-order valence-electron chi connectivity index (χ3n) is 3.63. The van der Waals surface area contributed by atoms with Crippen molar-refractivity contribution < 1.29 is 32.6 Å². The zero-order valence-corrected chi connectivity index (χ0v) is 12.3. The fourth-order valence-corrected chi connectivity index (χ4v) is 2.51. The normalized spacial score (nSPS) is 14.6. The molecule has 1 fully saturated rings. The molecule has 9 heteroatoms. The summed E-state index contributed by atoms with van der Waals surface area (Å²) in [4.78, 5) is 27.3. The third kappa shape index (κ3) is 3.44. The van der Waals surface area contributed by atoms with Crippen molar-refractivity contribution in [2.45, 2.75) is 25.2 Å². The largest absolute Gasteiger partial charge is 0.573 e. The second kappa shape index (κ2) is 5.73. The van der Waals surface area contributed by atoms with Crippen molar-refractivity contribution >= 4 is 22.8 Å². The van der Waals surface area contributed by atoms with Crippen LogP contribution in [0.1, 0.15) is 23.3 Å². The number of aromatic amines is 1. The molecule has 0 atom stereocenters. The lowest BCUT2D eigenvalue weighted by Gasteiger charge is -2.19. The van der Waals surface area contributed by atoms with Crippen molar-refractivity contribution in [2.75, 3.05) is 6.54 Å². The quantitative estimate of drug-likeness (QED) is 0.875. The minimum Gasteiger partial charge on any atom is -0.480 e. The van der Waals surface area contributed by atoms with Gasteiger partial charge in [0.1, 0.15) is 18.0 Å². The molecule has 0 aliphatic heterocycles. The van der Waals surface area contributed by atoms with E-state index < -0.39 is 30.5 Å². The lowest BCUT2D eigenvalue weighted by atomic mass is 10.2. The predicted molar refractivity (Wildman–Crippen MR) is 76.7 cm³/mol. The first kappa shape index (κ1) is 16.2. The Morgan fingerprint density at radius 2 is 2.04 bits per heavy atom. The van der Waals surface area contributed by atoms with E-state index in [0.717, 1.165) is 6.07 Å². The molecule has 0 bridgehead atoms. The summed E-state index contributed by atoms with van der Waals surface area (Å²) < 4.78 is 41.3. The number of halogens is 3. The van der Waals surface area contributed by atoms with E-state index in [2.05, 4.69) is 9.72 Å². The van der Waals surface area contributed by atoms with E-state index in [1.165, 1.54) is 23.1 Å². The van der Waals surface area contributed by atoms with Gasteiger partial charge in [0.15, 0.2) is 0 Å². The van der Waals surface area contributed by atoms with Gasteiger partial charge in [-0.15, -0.1) is 13.2 Å². The smallest absolute Gasteiger partial charge is 0.480 e. The van der Waals surface area contributed by atoms with Crippen molar-refractivity contribution in [3.05, 3.63) is 30.0 Å². The third-order valence-corrected chi connectivity index (χ3v) is 3.63. The van der Waals surface area contributed by atoms with E-state index in [-0.39, 0.29) is 17.1 Å². The summed E-state index contributed by atoms with van der Waals surface area (Å²) in [6, 6.07) is 5.12. The molecule has 1 saturated carbocycles. The fraction of sp³-hybridized carbons (Fsp3) is 0.333. The van der Waals surface area contributed by atoms with Crippen LogP contribution in [0.15, 0.2) is 24.3 Å². The molecule has 1 aromatic heterocycles. The zero-order chi connectivity index (χ0) is 17.5. The van der Waals surface area contributed by atoms with Gasteiger partial charge in [-0.2, -0.15) is 0 Å². The number of nitrogens with zero attached hydrogens (tertiary/aromatic N) is 1. The van der Waals surface area contributed by atoms with Gasteiger partial charge in [0.25, 0.3) is 5.91 Å². The van der Waals surface area contributed by atoms with Gasteiger partial charge in [0.2, 0.25) is 0 Å². The first-order valence-corrected chi connectivity index (χ1v) is 7.15. The molecule has 1 aliphatic carbocycles. The highest BCUT2D eigenvalue weighted by Gasteiger charge is 2.35. The molecule has 0 radical (unpaired) electrons. The van der Waals surface area contributed by atoms with Crippen LogP contribution in [0.5, 0.6) is 5.75 Å². The van der Waals surface area contributed by atoms with Gasteiger partial charge in [0.05, 0.1) is 0 Å². The minimum atomic E-state index is -4.85. The second-order valence-corrected chi connectivity index (χ2v) is 5.51. The fourth-order valence-electron chi connectivity index (χ4n) is 2.51. The van der Waals surface area contributed by atoms with Crippen LogP contribution in [0, 0.1) is 0 Å². The highest BCUT2D eigenvalue weighted by molar-refractivity contribution is 6.00. The number of fused-ring (bicyclic) bond motifs is 1. The van der Waals surface area contributed by atoms with E-state index in [0.29, 0.717) is 18.4 Å². The number of carboxylic acids is 1. The van der Waals surface area contributed by atoms with Crippen molar-refractivity contribution in [2.24, 2.45) is 0 Å². The van der Waals surface area contributed by atoms with Crippen LogP contribution in [-0.2, 0) is 4.79 Å². The Balaban J connectivity index is 1.93. The number of carbonyl (C=O) groups is 2. The number of benzene rings is 1. The summed E-state index contributed by atoms with van der Waals surface area (Å²) in [7, 11) is 0. The average molecular weight is 342 g/mol. The molecule has 0 unspecified atom stereocenters. The maximum absolute atomic E-state index is 12.5. The summed E-state index contributed by atoms with van der Waals surface area (Å²) in [6.45, 7) is -0.454. The molecule has 0 spiro atoms. The van der Waals surface area contributed by atoms with Crippen LogP contribution >= 0.6 is 0 Å². The van der Waals surface area contributed by atoms with Gasteiger partial charge >= 0.3 is 12.3 Å². The predicted octanol–water partition coefficient (Wildman–Crippen LogP) is 2.76. The number of hydrogen-bond donors (Lipinski definition) is 2. The number of nitrogens with one attached hydrogen (secondary N) is 1. The van der Waals surface area contributed by atoms with E-state index in [4.69, 9.17) is 5.11 Å². The van der Waals surface area contributed by atoms with E-state index in [1.807, 2.05) is 0 Å². The number of carboxylic acid groups (broad SMARTS) is 1. The van der Waals surface area contributed by atoms with Crippen molar-refractivity contribution in [3.63, 3.8) is 0 Å². The molecular formula is C15H13F3N2O4. The van der Waals surface area contributed by atoms with Crippen LogP contribution < -0.4 is 4.74 Å². The molecule has 6 nitrogen and oxygen atoms in total. The van der Waals surface area contributed by atoms with Crippen LogP contribution in [0.3, 0.4) is 0 Å². The molecule has 3 rings (SSSR count). The Kier molecular flexibility index (Phi) is 3.86. The maximum Gasteiger partial charge on any atom is 0.573 e. The number of ether oxygens (including phenoxy) is 1. The highest BCUT2D eigenvalue weighted by atomic mass is 19.4. The Labute approximate surface area is 133 Å². The average Bonchev–Trinajstić information content (AvgIpc) is 3.21. The first-order valence-electron chi connectivity index (χ1n) is 7.15. The van der Waals surface area contributed by atoms with Gasteiger partial charge in [-0.1, -0.05) is 6.07 Å². The molecule has 1 aromatic carbocycles. The van der Waals surface area contributed by atoms with Gasteiger partial charge in [0, 0.05) is 16.9 Å². The summed E-state index contributed by atoms with van der Waals surface area (Å²) in [5, 5.41) is 9.02. The number of alkyl halides is 3. The Morgan fingerprint density at radius 3 is 2.62 bits per heavy atom. The molecule has 24 heavy (non-hydrogen) atoms. The number of aliphatic carboxylic acids is 1. The number of carbonyl (C=O) groups excluding carboxylic acids is 1. The van der Waals surface area contributed by atoms with Gasteiger partial charge < -0.3 is 19.7 Å². The van der Waals surface area contributed by atoms with Crippen LogP contribution in [0.2, 0.25) is 0 Å². The SMILES string of the molecule is O=C(O)CN(C(=O)c1cc2c(OC(F)(F)F)cccc2[nH]1)C1CC1. The lowest BCUT2D eigenvalue weighted by molar-refractivity contribution is -0.274. The van der Waals surface area contributed by atoms with E-state index in [9.17, 15) is 22.8 Å². The number of H-pyrrole nitrogens is 1. The van der Waals surface area contributed by atoms with Crippen LogP contribution in [-0.4, -0.2) is 45.8 Å². The van der Waals surface area contributed by atoms with Crippen LogP contribution in [0.4, 0.5) is 13.2 Å². The van der Waals surface area contributed by atoms with Gasteiger partial charge in [-0.3, -0.25) is 9.59 Å². The summed E-state index contributed by atoms with van der Waals surface area (Å²) in [6.07, 6.45) is -3.43. The maximum atomic E-state index is 12.5. The van der Waals surface area contributed by atoms with Crippen molar-refractivity contribution in [1.29, 1.82) is 0 Å². The zero-order valence-electron chi connectivity index (χ0n) is 12.3. The topological polar surface area (TPSA) is 82.6 Å². The van der Waals surface area contributed by atoms with Gasteiger partial charge in [-0.05, 0) is 31.0 Å². The highest BCUT2D eigenvalue weighted by Crippen LogP contribution is 2.33. The van der Waals surface area contributed by atoms with Crippen LogP contribution in [0.25, 0.3) is 10.9 Å². The number of amides is 1. The van der Waals surface area contributed by atoms with E-state index >= 15 is 0 Å². The second-order valence-electron chi connectivity index (χ2n) is 5.51. The Hall–Kier alpha value is -2.71. The molecule has 1 heterocycles. The number of rotatable bonds is 5. The summed E-state index contributed by atoms with van der Waals surface area (Å²) in [5.41, 5.74) is 0.322.